The number of hydrogen-bond donors (Lipinski definition) is 0. The first-order valence-electron chi connectivity index (χ1n) is 8.98. The van der Waals surface area contributed by atoms with Crippen LogP contribution in [-0.4, -0.2) is 35.4 Å². The lowest BCUT2D eigenvalue weighted by atomic mass is 10.1. The van der Waals surface area contributed by atoms with Crippen molar-refractivity contribution in [1.29, 1.82) is 0 Å². The Kier molecular flexibility index (Phi) is 7.86. The summed E-state index contributed by atoms with van der Waals surface area (Å²) in [5.41, 5.74) is 1.26. The lowest BCUT2D eigenvalue weighted by Gasteiger charge is -2.21. The maximum absolute atomic E-state index is 12.7. The molecule has 0 radical (unpaired) electrons. The molecular weight excluding hydrogens is 332 g/mol. The molecular formula is C20H26N2O4. The number of amides is 1. The first-order valence-corrected chi connectivity index (χ1v) is 8.98. The summed E-state index contributed by atoms with van der Waals surface area (Å²) < 4.78 is 9.96. The fourth-order valence-corrected chi connectivity index (χ4v) is 2.64. The third-order valence-electron chi connectivity index (χ3n) is 4.13. The zero-order valence-corrected chi connectivity index (χ0v) is 15.4. The van der Waals surface area contributed by atoms with Gasteiger partial charge in [-0.15, -0.1) is 0 Å². The maximum atomic E-state index is 12.7. The van der Waals surface area contributed by atoms with Crippen LogP contribution in [0.15, 0.2) is 41.0 Å². The summed E-state index contributed by atoms with van der Waals surface area (Å²) in [6, 6.07) is 9.95. The maximum Gasteiger partial charge on any atom is 0.360 e. The summed E-state index contributed by atoms with van der Waals surface area (Å²) in [4.78, 5) is 30.0. The Morgan fingerprint density at radius 3 is 2.65 bits per heavy atom. The van der Waals surface area contributed by atoms with E-state index >= 15 is 0 Å². The van der Waals surface area contributed by atoms with E-state index in [1.54, 1.807) is 4.90 Å². The lowest BCUT2D eigenvalue weighted by molar-refractivity contribution is -0.132. The summed E-state index contributed by atoms with van der Waals surface area (Å²) in [5, 5.41) is 0. The Morgan fingerprint density at radius 1 is 1.19 bits per heavy atom. The van der Waals surface area contributed by atoms with Crippen LogP contribution < -0.4 is 0 Å². The van der Waals surface area contributed by atoms with Gasteiger partial charge in [0, 0.05) is 13.0 Å². The second-order valence-electron chi connectivity index (χ2n) is 6.13. The van der Waals surface area contributed by atoms with Gasteiger partial charge in [-0.3, -0.25) is 4.79 Å². The highest BCUT2D eigenvalue weighted by molar-refractivity contribution is 5.86. The SMILES string of the molecule is CCCCCN(Cc1nc(C(=O)OC)co1)C(=O)CCc1ccccc1. The molecule has 0 saturated heterocycles. The zero-order chi connectivity index (χ0) is 18.8. The molecule has 2 rings (SSSR count). The van der Waals surface area contributed by atoms with Crippen LogP contribution in [0.25, 0.3) is 0 Å². The van der Waals surface area contributed by atoms with Gasteiger partial charge >= 0.3 is 5.97 Å². The molecule has 0 aliphatic carbocycles. The lowest BCUT2D eigenvalue weighted by Crippen LogP contribution is -2.32. The number of aromatic nitrogens is 1. The molecule has 0 atom stereocenters. The summed E-state index contributed by atoms with van der Waals surface area (Å²) in [7, 11) is 1.29. The molecule has 0 unspecified atom stereocenters. The summed E-state index contributed by atoms with van der Waals surface area (Å²) >= 11 is 0. The van der Waals surface area contributed by atoms with Gasteiger partial charge in [0.05, 0.1) is 13.7 Å². The molecule has 1 aromatic carbocycles. The molecule has 2 aromatic rings. The predicted octanol–water partition coefficient (Wildman–Crippen LogP) is 3.61. The van der Waals surface area contributed by atoms with Crippen molar-refractivity contribution in [1.82, 2.24) is 9.88 Å². The Labute approximate surface area is 154 Å². The van der Waals surface area contributed by atoms with Crippen molar-refractivity contribution in [3.05, 3.63) is 53.7 Å². The van der Waals surface area contributed by atoms with Crippen molar-refractivity contribution in [2.75, 3.05) is 13.7 Å². The summed E-state index contributed by atoms with van der Waals surface area (Å²) in [6.45, 7) is 3.03. The molecule has 0 saturated carbocycles. The molecule has 26 heavy (non-hydrogen) atoms. The van der Waals surface area contributed by atoms with Gasteiger partial charge in [-0.1, -0.05) is 50.1 Å². The van der Waals surface area contributed by atoms with E-state index in [1.165, 1.54) is 13.4 Å². The monoisotopic (exact) mass is 358 g/mol. The van der Waals surface area contributed by atoms with Gasteiger partial charge in [0.15, 0.2) is 5.69 Å². The smallest absolute Gasteiger partial charge is 0.360 e. The molecule has 1 amide bonds. The highest BCUT2D eigenvalue weighted by Gasteiger charge is 2.18. The van der Waals surface area contributed by atoms with E-state index in [0.29, 0.717) is 25.3 Å². The predicted molar refractivity (Wildman–Crippen MR) is 97.5 cm³/mol. The minimum atomic E-state index is -0.548. The number of aryl methyl sites for hydroxylation is 1. The average Bonchev–Trinajstić information content (AvgIpc) is 3.14. The Morgan fingerprint density at radius 2 is 1.96 bits per heavy atom. The average molecular weight is 358 g/mol. The molecule has 0 fully saturated rings. The van der Waals surface area contributed by atoms with E-state index in [0.717, 1.165) is 24.8 Å². The molecule has 1 heterocycles. The normalized spacial score (nSPS) is 10.5. The molecule has 6 heteroatoms. The van der Waals surface area contributed by atoms with Gasteiger partial charge in [0.2, 0.25) is 11.8 Å². The van der Waals surface area contributed by atoms with Crippen LogP contribution in [0.5, 0.6) is 0 Å². The molecule has 6 nitrogen and oxygen atoms in total. The highest BCUT2D eigenvalue weighted by atomic mass is 16.5. The first kappa shape index (κ1) is 19.7. The Balaban J connectivity index is 1.98. The van der Waals surface area contributed by atoms with Crippen LogP contribution in [-0.2, 0) is 22.5 Å². The van der Waals surface area contributed by atoms with Gasteiger partial charge < -0.3 is 14.1 Å². The van der Waals surface area contributed by atoms with E-state index in [1.807, 2.05) is 30.3 Å². The summed E-state index contributed by atoms with van der Waals surface area (Å²) in [5.74, 6) is -0.148. The second-order valence-corrected chi connectivity index (χ2v) is 6.13. The number of ether oxygens (including phenoxy) is 1. The van der Waals surface area contributed by atoms with Crippen LogP contribution in [0.2, 0.25) is 0 Å². The van der Waals surface area contributed by atoms with E-state index in [2.05, 4.69) is 16.6 Å². The topological polar surface area (TPSA) is 72.6 Å². The number of carbonyl (C=O) groups excluding carboxylic acids is 2. The number of rotatable bonds is 10. The van der Waals surface area contributed by atoms with Gasteiger partial charge in [-0.2, -0.15) is 0 Å². The van der Waals surface area contributed by atoms with Gasteiger partial charge in [-0.25, -0.2) is 9.78 Å². The zero-order valence-electron chi connectivity index (χ0n) is 15.4. The number of oxazole rings is 1. The number of methoxy groups -OCH3 is 1. The van der Waals surface area contributed by atoms with Crippen molar-refractivity contribution >= 4 is 11.9 Å². The Hall–Kier alpha value is -2.63. The van der Waals surface area contributed by atoms with Crippen molar-refractivity contribution in [3.63, 3.8) is 0 Å². The van der Waals surface area contributed by atoms with Gasteiger partial charge in [-0.05, 0) is 18.4 Å². The minimum Gasteiger partial charge on any atom is -0.464 e. The van der Waals surface area contributed by atoms with Crippen LogP contribution in [0.1, 0.15) is 54.5 Å². The van der Waals surface area contributed by atoms with Gasteiger partial charge in [0.1, 0.15) is 6.26 Å². The second kappa shape index (κ2) is 10.4. The molecule has 0 bridgehead atoms. The quantitative estimate of drug-likeness (QED) is 0.479. The summed E-state index contributed by atoms with van der Waals surface area (Å²) in [6.07, 6.45) is 5.46. The van der Waals surface area contributed by atoms with E-state index < -0.39 is 5.97 Å². The fourth-order valence-electron chi connectivity index (χ4n) is 2.64. The van der Waals surface area contributed by atoms with E-state index in [-0.39, 0.29) is 18.1 Å². The van der Waals surface area contributed by atoms with Crippen LogP contribution >= 0.6 is 0 Å². The van der Waals surface area contributed by atoms with Crippen LogP contribution in [0, 0.1) is 0 Å². The number of benzene rings is 1. The van der Waals surface area contributed by atoms with Crippen LogP contribution in [0.3, 0.4) is 0 Å². The third kappa shape index (κ3) is 6.02. The molecule has 0 aliphatic rings. The van der Waals surface area contributed by atoms with Crippen molar-refractivity contribution in [3.8, 4) is 0 Å². The van der Waals surface area contributed by atoms with Crippen LogP contribution in [0.4, 0.5) is 0 Å². The number of hydrogen-bond acceptors (Lipinski definition) is 5. The molecule has 0 aliphatic heterocycles. The van der Waals surface area contributed by atoms with E-state index in [9.17, 15) is 9.59 Å². The van der Waals surface area contributed by atoms with Crippen molar-refractivity contribution < 1.29 is 18.7 Å². The fraction of sp³-hybridized carbons (Fsp3) is 0.450. The highest BCUT2D eigenvalue weighted by Crippen LogP contribution is 2.12. The van der Waals surface area contributed by atoms with Crippen molar-refractivity contribution in [2.45, 2.75) is 45.6 Å². The molecule has 140 valence electrons. The molecule has 0 N–H and O–H groups in total. The largest absolute Gasteiger partial charge is 0.464 e. The first-order chi connectivity index (χ1) is 12.6. The van der Waals surface area contributed by atoms with Gasteiger partial charge in [0.25, 0.3) is 0 Å². The van der Waals surface area contributed by atoms with E-state index in [4.69, 9.17) is 4.42 Å². The molecule has 1 aromatic heterocycles. The third-order valence-corrected chi connectivity index (χ3v) is 4.13. The van der Waals surface area contributed by atoms with Crippen molar-refractivity contribution in [2.24, 2.45) is 0 Å². The minimum absolute atomic E-state index is 0.0581. The number of esters is 1. The number of unbranched alkanes of at least 4 members (excludes halogenated alkanes) is 2. The number of nitrogens with zero attached hydrogens (tertiary/aromatic N) is 2. The number of carbonyl (C=O) groups is 2. The standard InChI is InChI=1S/C20H26N2O4/c1-3-4-8-13-22(14-18-21-17(15-26-18)20(24)25-2)19(23)12-11-16-9-6-5-7-10-16/h5-7,9-10,15H,3-4,8,11-14H2,1-2H3. The Bertz CT molecular complexity index is 697. The molecule has 0 spiro atoms.